The summed E-state index contributed by atoms with van der Waals surface area (Å²) in [6.45, 7) is 5.63. The first-order valence-electron chi connectivity index (χ1n) is 8.84. The molecule has 126 valence electrons. The molecule has 3 fully saturated rings. The number of rotatable bonds is 4. The zero-order chi connectivity index (χ0) is 15.6. The van der Waals surface area contributed by atoms with Crippen molar-refractivity contribution in [2.75, 3.05) is 39.4 Å². The highest BCUT2D eigenvalue weighted by Gasteiger charge is 2.33. The SMILES string of the molecule is O=C(c1cn(C2CCOC2)nn1)N1CCCC1CN1CCCC1. The van der Waals surface area contributed by atoms with Gasteiger partial charge in [0.1, 0.15) is 0 Å². The van der Waals surface area contributed by atoms with Gasteiger partial charge in [0.15, 0.2) is 5.69 Å². The summed E-state index contributed by atoms with van der Waals surface area (Å²) in [4.78, 5) is 17.3. The molecule has 0 aliphatic carbocycles. The Hall–Kier alpha value is -1.47. The van der Waals surface area contributed by atoms with Gasteiger partial charge in [-0.3, -0.25) is 4.79 Å². The van der Waals surface area contributed by atoms with Crippen molar-refractivity contribution >= 4 is 5.91 Å². The average Bonchev–Trinajstić information content (AvgIpc) is 3.33. The fourth-order valence-electron chi connectivity index (χ4n) is 3.99. The van der Waals surface area contributed by atoms with Gasteiger partial charge in [0.05, 0.1) is 18.8 Å². The molecule has 3 aliphatic rings. The first-order chi connectivity index (χ1) is 11.3. The molecular formula is C16H25N5O2. The van der Waals surface area contributed by atoms with Gasteiger partial charge in [-0.2, -0.15) is 0 Å². The molecule has 1 aromatic rings. The van der Waals surface area contributed by atoms with Crippen molar-refractivity contribution in [2.45, 2.75) is 44.2 Å². The third-order valence-corrected chi connectivity index (χ3v) is 5.31. The maximum Gasteiger partial charge on any atom is 0.276 e. The molecule has 1 aromatic heterocycles. The summed E-state index contributed by atoms with van der Waals surface area (Å²) < 4.78 is 7.18. The first kappa shape index (κ1) is 15.1. The smallest absolute Gasteiger partial charge is 0.276 e. The molecule has 0 aromatic carbocycles. The molecule has 2 atom stereocenters. The van der Waals surface area contributed by atoms with E-state index in [9.17, 15) is 4.79 Å². The van der Waals surface area contributed by atoms with Crippen molar-refractivity contribution in [2.24, 2.45) is 0 Å². The molecule has 0 saturated carbocycles. The molecule has 4 heterocycles. The molecule has 3 aliphatic heterocycles. The largest absolute Gasteiger partial charge is 0.379 e. The molecule has 0 N–H and O–H groups in total. The molecule has 23 heavy (non-hydrogen) atoms. The number of aromatic nitrogens is 3. The number of carbonyl (C=O) groups is 1. The van der Waals surface area contributed by atoms with Crippen molar-refractivity contribution in [3.8, 4) is 0 Å². The summed E-state index contributed by atoms with van der Waals surface area (Å²) in [6, 6.07) is 0.559. The number of likely N-dealkylation sites (tertiary alicyclic amines) is 2. The molecule has 0 bridgehead atoms. The van der Waals surface area contributed by atoms with Crippen LogP contribution in [0.4, 0.5) is 0 Å². The van der Waals surface area contributed by atoms with Crippen molar-refractivity contribution in [1.29, 1.82) is 0 Å². The van der Waals surface area contributed by atoms with Gasteiger partial charge in [0.25, 0.3) is 5.91 Å². The van der Waals surface area contributed by atoms with Crippen LogP contribution in [0.1, 0.15) is 48.6 Å². The fourth-order valence-corrected chi connectivity index (χ4v) is 3.99. The quantitative estimate of drug-likeness (QED) is 0.826. The number of carbonyl (C=O) groups excluding carboxylic acids is 1. The lowest BCUT2D eigenvalue weighted by Crippen LogP contribution is -2.42. The Morgan fingerprint density at radius 3 is 2.87 bits per heavy atom. The Kier molecular flexibility index (Phi) is 4.31. The van der Waals surface area contributed by atoms with Crippen LogP contribution in [0.5, 0.6) is 0 Å². The lowest BCUT2D eigenvalue weighted by Gasteiger charge is -2.27. The molecule has 7 heteroatoms. The Bertz CT molecular complexity index is 548. The number of nitrogens with zero attached hydrogens (tertiary/aromatic N) is 5. The van der Waals surface area contributed by atoms with Crippen molar-refractivity contribution in [1.82, 2.24) is 24.8 Å². The van der Waals surface area contributed by atoms with Crippen LogP contribution in [0.2, 0.25) is 0 Å². The normalized spacial score (nSPS) is 28.8. The molecule has 1 amide bonds. The van der Waals surface area contributed by atoms with Crippen LogP contribution in [0.25, 0.3) is 0 Å². The molecular weight excluding hydrogens is 294 g/mol. The third-order valence-electron chi connectivity index (χ3n) is 5.31. The van der Waals surface area contributed by atoms with Gasteiger partial charge < -0.3 is 14.5 Å². The van der Waals surface area contributed by atoms with E-state index < -0.39 is 0 Å². The number of amides is 1. The lowest BCUT2D eigenvalue weighted by molar-refractivity contribution is 0.0702. The van der Waals surface area contributed by atoms with E-state index >= 15 is 0 Å². The van der Waals surface area contributed by atoms with Crippen LogP contribution in [0, 0.1) is 0 Å². The van der Waals surface area contributed by atoms with E-state index in [1.165, 1.54) is 25.9 Å². The maximum atomic E-state index is 12.8. The Morgan fingerprint density at radius 2 is 2.09 bits per heavy atom. The second kappa shape index (κ2) is 6.57. The van der Waals surface area contributed by atoms with Crippen LogP contribution in [0.15, 0.2) is 6.20 Å². The average molecular weight is 319 g/mol. The summed E-state index contributed by atoms with van der Waals surface area (Å²) in [5.74, 6) is 0.0388. The molecule has 0 spiro atoms. The molecule has 7 nitrogen and oxygen atoms in total. The van der Waals surface area contributed by atoms with Crippen LogP contribution in [0.3, 0.4) is 0 Å². The molecule has 4 rings (SSSR count). The van der Waals surface area contributed by atoms with E-state index in [0.29, 0.717) is 18.3 Å². The topological polar surface area (TPSA) is 63.5 Å². The second-order valence-electron chi connectivity index (χ2n) is 6.90. The van der Waals surface area contributed by atoms with E-state index in [1.54, 1.807) is 10.9 Å². The standard InChI is InChI=1S/C16H25N5O2/c22-16(15-11-21(18-17-15)14-5-9-23-12-14)20-8-3-4-13(20)10-19-6-1-2-7-19/h11,13-14H,1-10,12H2. The second-order valence-corrected chi connectivity index (χ2v) is 6.90. The van der Waals surface area contributed by atoms with Crippen LogP contribution >= 0.6 is 0 Å². The summed E-state index contributed by atoms with van der Waals surface area (Å²) in [7, 11) is 0. The maximum absolute atomic E-state index is 12.8. The minimum absolute atomic E-state index is 0.0388. The van der Waals surface area contributed by atoms with Gasteiger partial charge in [-0.15, -0.1) is 5.10 Å². The minimum atomic E-state index is 0.0388. The summed E-state index contributed by atoms with van der Waals surface area (Å²) in [5, 5.41) is 8.27. The van der Waals surface area contributed by atoms with E-state index in [-0.39, 0.29) is 11.9 Å². The zero-order valence-electron chi connectivity index (χ0n) is 13.6. The predicted molar refractivity (Wildman–Crippen MR) is 84.2 cm³/mol. The zero-order valence-corrected chi connectivity index (χ0v) is 13.6. The minimum Gasteiger partial charge on any atom is -0.379 e. The van der Waals surface area contributed by atoms with E-state index in [1.807, 2.05) is 4.90 Å². The fraction of sp³-hybridized carbons (Fsp3) is 0.812. The Labute approximate surface area is 136 Å². The number of hydrogen-bond acceptors (Lipinski definition) is 5. The first-order valence-corrected chi connectivity index (χ1v) is 8.84. The molecule has 2 unspecified atom stereocenters. The van der Waals surface area contributed by atoms with Crippen LogP contribution in [-0.4, -0.2) is 76.1 Å². The monoisotopic (exact) mass is 319 g/mol. The summed E-state index contributed by atoms with van der Waals surface area (Å²) in [6.07, 6.45) is 7.52. The van der Waals surface area contributed by atoms with Gasteiger partial charge in [-0.25, -0.2) is 4.68 Å². The van der Waals surface area contributed by atoms with E-state index in [0.717, 1.165) is 39.0 Å². The van der Waals surface area contributed by atoms with Gasteiger partial charge in [0, 0.05) is 25.7 Å². The highest BCUT2D eigenvalue weighted by Crippen LogP contribution is 2.23. The third kappa shape index (κ3) is 3.12. The summed E-state index contributed by atoms with van der Waals surface area (Å²) >= 11 is 0. The lowest BCUT2D eigenvalue weighted by atomic mass is 10.2. The number of ether oxygens (including phenoxy) is 1. The Balaban J connectivity index is 1.42. The number of hydrogen-bond donors (Lipinski definition) is 0. The highest BCUT2D eigenvalue weighted by atomic mass is 16.5. The Morgan fingerprint density at radius 1 is 1.22 bits per heavy atom. The summed E-state index contributed by atoms with van der Waals surface area (Å²) in [5.41, 5.74) is 0.477. The van der Waals surface area contributed by atoms with E-state index in [2.05, 4.69) is 15.2 Å². The molecule has 3 saturated heterocycles. The molecule has 0 radical (unpaired) electrons. The van der Waals surface area contributed by atoms with Gasteiger partial charge >= 0.3 is 0 Å². The van der Waals surface area contributed by atoms with Gasteiger partial charge in [-0.1, -0.05) is 5.21 Å². The van der Waals surface area contributed by atoms with Gasteiger partial charge in [-0.05, 0) is 45.2 Å². The van der Waals surface area contributed by atoms with Crippen molar-refractivity contribution in [3.63, 3.8) is 0 Å². The van der Waals surface area contributed by atoms with Crippen molar-refractivity contribution in [3.05, 3.63) is 11.9 Å². The van der Waals surface area contributed by atoms with Crippen molar-refractivity contribution < 1.29 is 9.53 Å². The highest BCUT2D eigenvalue weighted by molar-refractivity contribution is 5.92. The van der Waals surface area contributed by atoms with E-state index in [4.69, 9.17) is 4.74 Å². The van der Waals surface area contributed by atoms with Crippen LogP contribution in [-0.2, 0) is 4.74 Å². The van der Waals surface area contributed by atoms with Crippen LogP contribution < -0.4 is 0 Å². The predicted octanol–water partition coefficient (Wildman–Crippen LogP) is 0.940. The van der Waals surface area contributed by atoms with Gasteiger partial charge in [0.2, 0.25) is 0 Å².